The molecule has 0 radical (unpaired) electrons. The molecule has 0 aromatic heterocycles. The van der Waals surface area contributed by atoms with Crippen LogP contribution >= 0.6 is 0 Å². The van der Waals surface area contributed by atoms with Crippen molar-refractivity contribution in [3.05, 3.63) is 0 Å². The van der Waals surface area contributed by atoms with E-state index >= 15 is 0 Å². The van der Waals surface area contributed by atoms with Crippen molar-refractivity contribution < 1.29 is 4.79 Å². The number of carbonyl (C=O) groups is 1. The van der Waals surface area contributed by atoms with Gasteiger partial charge in [-0.3, -0.25) is 4.79 Å². The first kappa shape index (κ1) is 14.0. The summed E-state index contributed by atoms with van der Waals surface area (Å²) in [6.45, 7) is 10.1. The van der Waals surface area contributed by atoms with Crippen molar-refractivity contribution in [1.29, 1.82) is 5.26 Å². The molecule has 1 aliphatic heterocycles. The summed E-state index contributed by atoms with van der Waals surface area (Å²) in [4.78, 5) is 14.0. The van der Waals surface area contributed by atoms with Gasteiger partial charge in [-0.25, -0.2) is 0 Å². The molecule has 4 nitrogen and oxygen atoms in total. The van der Waals surface area contributed by atoms with Crippen LogP contribution in [-0.2, 0) is 4.79 Å². The maximum atomic E-state index is 12.1. The maximum Gasteiger partial charge on any atom is 0.242 e. The monoisotopic (exact) mass is 237 g/mol. The molecule has 0 aromatic rings. The smallest absolute Gasteiger partial charge is 0.242 e. The van der Waals surface area contributed by atoms with Crippen LogP contribution in [0, 0.1) is 16.7 Å². The number of piperazine rings is 1. The molecule has 0 atom stereocenters. The number of nitriles is 1. The fourth-order valence-electron chi connectivity index (χ4n) is 2.06. The van der Waals surface area contributed by atoms with E-state index < -0.39 is 5.54 Å². The minimum absolute atomic E-state index is 0.165. The molecule has 17 heavy (non-hydrogen) atoms. The van der Waals surface area contributed by atoms with Gasteiger partial charge in [0.1, 0.15) is 0 Å². The Morgan fingerprint density at radius 3 is 2.76 bits per heavy atom. The normalized spacial score (nSPS) is 20.2. The van der Waals surface area contributed by atoms with Crippen molar-refractivity contribution in [2.45, 2.75) is 46.1 Å². The van der Waals surface area contributed by atoms with E-state index in [9.17, 15) is 4.79 Å². The van der Waals surface area contributed by atoms with E-state index in [2.05, 4.69) is 11.4 Å². The molecule has 0 aromatic carbocycles. The Labute approximate surface area is 104 Å². The summed E-state index contributed by atoms with van der Waals surface area (Å²) in [5, 5.41) is 12.1. The van der Waals surface area contributed by atoms with E-state index in [4.69, 9.17) is 5.26 Å². The van der Waals surface area contributed by atoms with Gasteiger partial charge in [0.25, 0.3) is 0 Å². The molecule has 1 saturated heterocycles. The number of carbonyl (C=O) groups excluding carboxylic acids is 1. The van der Waals surface area contributed by atoms with E-state index in [1.54, 1.807) is 0 Å². The summed E-state index contributed by atoms with van der Waals surface area (Å²) >= 11 is 0. The third-order valence-electron chi connectivity index (χ3n) is 3.30. The summed E-state index contributed by atoms with van der Waals surface area (Å²) in [6.07, 6.45) is 1.73. The third kappa shape index (κ3) is 3.71. The van der Waals surface area contributed by atoms with E-state index in [1.807, 2.05) is 32.6 Å². The fraction of sp³-hybridized carbons (Fsp3) is 0.846. The van der Waals surface area contributed by atoms with Gasteiger partial charge in [0.05, 0.1) is 17.0 Å². The fourth-order valence-corrected chi connectivity index (χ4v) is 2.06. The molecular weight excluding hydrogens is 214 g/mol. The van der Waals surface area contributed by atoms with Crippen LogP contribution in [0.15, 0.2) is 0 Å². The van der Waals surface area contributed by atoms with Crippen molar-refractivity contribution in [1.82, 2.24) is 10.2 Å². The van der Waals surface area contributed by atoms with E-state index in [0.717, 1.165) is 32.5 Å². The topological polar surface area (TPSA) is 56.1 Å². The lowest BCUT2D eigenvalue weighted by Crippen LogP contribution is -2.61. The van der Waals surface area contributed by atoms with Crippen LogP contribution in [0.4, 0.5) is 0 Å². The second-order valence-electron chi connectivity index (χ2n) is 5.94. The van der Waals surface area contributed by atoms with Gasteiger partial charge in [-0.05, 0) is 40.5 Å². The van der Waals surface area contributed by atoms with Crippen LogP contribution in [0.25, 0.3) is 0 Å². The Hall–Kier alpha value is -1.08. The summed E-state index contributed by atoms with van der Waals surface area (Å²) in [7, 11) is 0. The zero-order valence-corrected chi connectivity index (χ0v) is 11.3. The van der Waals surface area contributed by atoms with Crippen molar-refractivity contribution in [2.75, 3.05) is 19.6 Å². The SMILES string of the molecule is CC(C)(C#N)CCCN1CCNC(C)(C)C1=O. The van der Waals surface area contributed by atoms with Gasteiger partial charge in [0, 0.05) is 19.6 Å². The Morgan fingerprint density at radius 1 is 1.53 bits per heavy atom. The van der Waals surface area contributed by atoms with E-state index in [1.165, 1.54) is 0 Å². The molecule has 1 heterocycles. The quantitative estimate of drug-likeness (QED) is 0.806. The lowest BCUT2D eigenvalue weighted by molar-refractivity contribution is -0.139. The van der Waals surface area contributed by atoms with Crippen molar-refractivity contribution in [3.8, 4) is 6.07 Å². The second kappa shape index (κ2) is 5.05. The van der Waals surface area contributed by atoms with Gasteiger partial charge in [0.15, 0.2) is 0 Å². The van der Waals surface area contributed by atoms with Crippen molar-refractivity contribution >= 4 is 5.91 Å². The Bertz CT molecular complexity index is 328. The molecule has 0 saturated carbocycles. The molecule has 1 aliphatic rings. The van der Waals surface area contributed by atoms with Crippen LogP contribution in [0.5, 0.6) is 0 Å². The molecule has 0 unspecified atom stereocenters. The largest absolute Gasteiger partial charge is 0.340 e. The van der Waals surface area contributed by atoms with Gasteiger partial charge in [-0.1, -0.05) is 0 Å². The average Bonchev–Trinajstić information content (AvgIpc) is 2.24. The number of nitrogens with one attached hydrogen (secondary N) is 1. The van der Waals surface area contributed by atoms with Crippen molar-refractivity contribution in [3.63, 3.8) is 0 Å². The summed E-state index contributed by atoms with van der Waals surface area (Å²) in [5.41, 5.74) is -0.727. The predicted octanol–water partition coefficient (Wildman–Crippen LogP) is 1.53. The highest BCUT2D eigenvalue weighted by molar-refractivity contribution is 5.86. The number of hydrogen-bond acceptors (Lipinski definition) is 3. The summed E-state index contributed by atoms with van der Waals surface area (Å²) in [5.74, 6) is 0.165. The van der Waals surface area contributed by atoms with Gasteiger partial charge in [0.2, 0.25) is 5.91 Å². The molecule has 1 N–H and O–H groups in total. The van der Waals surface area contributed by atoms with Gasteiger partial charge >= 0.3 is 0 Å². The first-order chi connectivity index (χ1) is 7.78. The van der Waals surface area contributed by atoms with E-state index in [0.29, 0.717) is 0 Å². The predicted molar refractivity (Wildman–Crippen MR) is 67.3 cm³/mol. The Balaban J connectivity index is 2.43. The summed E-state index contributed by atoms with van der Waals surface area (Å²) in [6, 6.07) is 2.29. The van der Waals surface area contributed by atoms with Crippen LogP contribution < -0.4 is 5.32 Å². The molecule has 0 bridgehead atoms. The molecule has 0 aliphatic carbocycles. The molecule has 4 heteroatoms. The van der Waals surface area contributed by atoms with Crippen LogP contribution in [0.3, 0.4) is 0 Å². The molecule has 1 rings (SSSR count). The Kier molecular flexibility index (Phi) is 4.16. The number of nitrogens with zero attached hydrogens (tertiary/aromatic N) is 2. The number of rotatable bonds is 4. The van der Waals surface area contributed by atoms with Crippen LogP contribution in [-0.4, -0.2) is 36.0 Å². The molecule has 1 fully saturated rings. The number of amides is 1. The first-order valence-corrected chi connectivity index (χ1v) is 6.24. The number of hydrogen-bond donors (Lipinski definition) is 1. The molecular formula is C13H23N3O. The highest BCUT2D eigenvalue weighted by Crippen LogP contribution is 2.21. The zero-order valence-electron chi connectivity index (χ0n) is 11.3. The van der Waals surface area contributed by atoms with Gasteiger partial charge in [-0.15, -0.1) is 0 Å². The zero-order chi connectivity index (χ0) is 13.1. The minimum atomic E-state index is -0.441. The third-order valence-corrected chi connectivity index (χ3v) is 3.30. The van der Waals surface area contributed by atoms with Crippen molar-refractivity contribution in [2.24, 2.45) is 5.41 Å². The minimum Gasteiger partial charge on any atom is -0.340 e. The lowest BCUT2D eigenvalue weighted by Gasteiger charge is -2.38. The van der Waals surface area contributed by atoms with Gasteiger partial charge in [-0.2, -0.15) is 5.26 Å². The lowest BCUT2D eigenvalue weighted by atomic mass is 9.89. The van der Waals surface area contributed by atoms with Gasteiger partial charge < -0.3 is 10.2 Å². The van der Waals surface area contributed by atoms with Crippen LogP contribution in [0.2, 0.25) is 0 Å². The average molecular weight is 237 g/mol. The maximum absolute atomic E-state index is 12.1. The highest BCUT2D eigenvalue weighted by Gasteiger charge is 2.34. The standard InChI is InChI=1S/C13H23N3O/c1-12(2,10-14)6-5-8-16-9-7-15-13(3,4)11(16)17/h15H,5-9H2,1-4H3. The summed E-state index contributed by atoms with van der Waals surface area (Å²) < 4.78 is 0. The Morgan fingerprint density at radius 2 is 2.18 bits per heavy atom. The molecule has 0 spiro atoms. The molecule has 1 amide bonds. The molecule has 96 valence electrons. The first-order valence-electron chi connectivity index (χ1n) is 6.24. The van der Waals surface area contributed by atoms with E-state index in [-0.39, 0.29) is 11.3 Å². The second-order valence-corrected chi connectivity index (χ2v) is 5.94. The van der Waals surface area contributed by atoms with Crippen LogP contribution in [0.1, 0.15) is 40.5 Å². The highest BCUT2D eigenvalue weighted by atomic mass is 16.2.